The summed E-state index contributed by atoms with van der Waals surface area (Å²) >= 11 is 0. The first-order valence-electron chi connectivity index (χ1n) is 5.89. The number of hydrogen-bond acceptors (Lipinski definition) is 4. The highest BCUT2D eigenvalue weighted by atomic mass is 14.9. The van der Waals surface area contributed by atoms with E-state index >= 15 is 0 Å². The zero-order valence-electron chi connectivity index (χ0n) is 10.2. The number of benzene rings is 1. The van der Waals surface area contributed by atoms with Crippen LogP contribution >= 0.6 is 0 Å². The van der Waals surface area contributed by atoms with E-state index in [1.165, 1.54) is 17.5 Å². The lowest BCUT2D eigenvalue weighted by molar-refractivity contribution is 0.681. The van der Waals surface area contributed by atoms with Crippen LogP contribution in [0.5, 0.6) is 0 Å². The first kappa shape index (κ1) is 12.0. The molecule has 1 heterocycles. The predicted molar refractivity (Wildman–Crippen MR) is 70.8 cm³/mol. The number of allylic oxidation sites excluding steroid dienone is 1. The summed E-state index contributed by atoms with van der Waals surface area (Å²) in [6.07, 6.45) is 3.60. The molecule has 1 unspecified atom stereocenters. The van der Waals surface area contributed by atoms with Crippen LogP contribution in [-0.2, 0) is 6.42 Å². The first-order chi connectivity index (χ1) is 8.72. The third-order valence-electron chi connectivity index (χ3n) is 2.98. The Balaban J connectivity index is 2.16. The lowest BCUT2D eigenvalue weighted by Gasteiger charge is -2.24. The molecule has 1 atom stereocenters. The van der Waals surface area contributed by atoms with Crippen LogP contribution in [-0.4, -0.2) is 6.04 Å². The smallest absolute Gasteiger partial charge is 0.145 e. The van der Waals surface area contributed by atoms with E-state index in [1.807, 2.05) is 24.3 Å². The molecule has 18 heavy (non-hydrogen) atoms. The quantitative estimate of drug-likeness (QED) is 0.777. The van der Waals surface area contributed by atoms with Crippen molar-refractivity contribution >= 4 is 11.4 Å². The normalized spacial score (nSPS) is 16.5. The van der Waals surface area contributed by atoms with Crippen molar-refractivity contribution in [3.8, 4) is 12.1 Å². The predicted octanol–water partition coefficient (Wildman–Crippen LogP) is 2.78. The van der Waals surface area contributed by atoms with Crippen molar-refractivity contribution in [2.45, 2.75) is 25.8 Å². The van der Waals surface area contributed by atoms with Gasteiger partial charge in [-0.15, -0.1) is 0 Å². The molecule has 0 aliphatic carbocycles. The number of nitrogens with one attached hydrogen (secondary N) is 2. The van der Waals surface area contributed by atoms with Gasteiger partial charge in [0.1, 0.15) is 17.7 Å². The summed E-state index contributed by atoms with van der Waals surface area (Å²) in [6, 6.07) is 10.2. The summed E-state index contributed by atoms with van der Waals surface area (Å²) in [6.45, 7) is 2.17. The number of hydrogen-bond donors (Lipinski definition) is 2. The van der Waals surface area contributed by atoms with Crippen LogP contribution in [0.2, 0.25) is 0 Å². The summed E-state index contributed by atoms with van der Waals surface area (Å²) in [7, 11) is 0. The molecule has 1 aliphatic rings. The fourth-order valence-corrected chi connectivity index (χ4v) is 1.99. The molecule has 0 aromatic heterocycles. The molecule has 0 spiro atoms. The van der Waals surface area contributed by atoms with Crippen LogP contribution in [0.4, 0.5) is 11.4 Å². The summed E-state index contributed by atoms with van der Waals surface area (Å²) in [5.74, 6) is 0. The lowest BCUT2D eigenvalue weighted by atomic mass is 9.98. The van der Waals surface area contributed by atoms with Gasteiger partial charge >= 0.3 is 0 Å². The van der Waals surface area contributed by atoms with Gasteiger partial charge in [0.2, 0.25) is 0 Å². The highest BCUT2D eigenvalue weighted by molar-refractivity contribution is 5.62. The highest BCUT2D eigenvalue weighted by Gasteiger charge is 2.13. The van der Waals surface area contributed by atoms with E-state index < -0.39 is 0 Å². The van der Waals surface area contributed by atoms with Gasteiger partial charge in [-0.3, -0.25) is 0 Å². The van der Waals surface area contributed by atoms with Gasteiger partial charge in [-0.05, 0) is 43.5 Å². The van der Waals surface area contributed by atoms with Crippen LogP contribution in [0.15, 0.2) is 30.0 Å². The molecule has 0 fully saturated rings. The Morgan fingerprint density at radius 3 is 2.94 bits per heavy atom. The van der Waals surface area contributed by atoms with Crippen molar-refractivity contribution in [1.29, 1.82) is 10.5 Å². The monoisotopic (exact) mass is 238 g/mol. The largest absolute Gasteiger partial charge is 0.382 e. The molecule has 1 aromatic carbocycles. The molecule has 0 radical (unpaired) electrons. The van der Waals surface area contributed by atoms with Gasteiger partial charge in [0.05, 0.1) is 0 Å². The Labute approximate surface area is 107 Å². The van der Waals surface area contributed by atoms with E-state index in [0.29, 0.717) is 6.04 Å². The van der Waals surface area contributed by atoms with Gasteiger partial charge in [-0.1, -0.05) is 0 Å². The molecule has 0 saturated carbocycles. The van der Waals surface area contributed by atoms with E-state index in [4.69, 9.17) is 10.5 Å². The Morgan fingerprint density at radius 2 is 2.22 bits per heavy atom. The SMILES string of the molecule is CC1CCc2cc(NC=C(C#N)C#N)ccc2N1. The maximum atomic E-state index is 8.63. The second-order valence-corrected chi connectivity index (χ2v) is 4.38. The molecule has 1 aliphatic heterocycles. The minimum absolute atomic E-state index is 0.0690. The van der Waals surface area contributed by atoms with Crippen LogP contribution in [0.25, 0.3) is 0 Å². The van der Waals surface area contributed by atoms with Crippen molar-refractivity contribution < 1.29 is 0 Å². The molecule has 4 heteroatoms. The Kier molecular flexibility index (Phi) is 3.50. The number of nitrogens with zero attached hydrogens (tertiary/aromatic N) is 2. The number of rotatable bonds is 2. The number of fused-ring (bicyclic) bond motifs is 1. The van der Waals surface area contributed by atoms with Gasteiger partial charge in [-0.25, -0.2) is 0 Å². The fraction of sp³-hybridized carbons (Fsp3) is 0.286. The highest BCUT2D eigenvalue weighted by Crippen LogP contribution is 2.27. The minimum atomic E-state index is 0.0690. The Hall–Kier alpha value is -2.46. The van der Waals surface area contributed by atoms with Crippen molar-refractivity contribution in [3.63, 3.8) is 0 Å². The van der Waals surface area contributed by atoms with E-state index in [1.54, 1.807) is 0 Å². The van der Waals surface area contributed by atoms with E-state index in [2.05, 4.69) is 23.6 Å². The molecular weight excluding hydrogens is 224 g/mol. The number of anilines is 2. The molecule has 4 nitrogen and oxygen atoms in total. The maximum Gasteiger partial charge on any atom is 0.145 e. The average molecular weight is 238 g/mol. The fourth-order valence-electron chi connectivity index (χ4n) is 1.99. The van der Waals surface area contributed by atoms with Crippen molar-refractivity contribution in [2.75, 3.05) is 10.6 Å². The topological polar surface area (TPSA) is 71.6 Å². The summed E-state index contributed by atoms with van der Waals surface area (Å²) < 4.78 is 0. The standard InChI is InChI=1S/C14H14N4/c1-10-2-3-12-6-13(4-5-14(12)18-10)17-9-11(7-15)8-16/h4-6,9-10,17-18H,2-3H2,1H3. The molecule has 1 aromatic rings. The zero-order chi connectivity index (χ0) is 13.0. The molecule has 2 N–H and O–H groups in total. The third-order valence-corrected chi connectivity index (χ3v) is 2.98. The summed E-state index contributed by atoms with van der Waals surface area (Å²) in [5.41, 5.74) is 3.40. The van der Waals surface area contributed by atoms with E-state index in [9.17, 15) is 0 Å². The number of nitriles is 2. The van der Waals surface area contributed by atoms with Crippen molar-refractivity contribution in [3.05, 3.63) is 35.5 Å². The van der Waals surface area contributed by atoms with Crippen LogP contribution in [0, 0.1) is 22.7 Å². The average Bonchev–Trinajstić information content (AvgIpc) is 2.40. The molecule has 90 valence electrons. The minimum Gasteiger partial charge on any atom is -0.382 e. The van der Waals surface area contributed by atoms with Crippen LogP contribution in [0.1, 0.15) is 18.9 Å². The van der Waals surface area contributed by atoms with Crippen LogP contribution < -0.4 is 10.6 Å². The molecule has 2 rings (SSSR count). The van der Waals surface area contributed by atoms with E-state index in [0.717, 1.165) is 18.5 Å². The van der Waals surface area contributed by atoms with Crippen LogP contribution in [0.3, 0.4) is 0 Å². The maximum absolute atomic E-state index is 8.63. The molecule has 0 amide bonds. The van der Waals surface area contributed by atoms with Gasteiger partial charge in [0.15, 0.2) is 0 Å². The molecule has 0 bridgehead atoms. The van der Waals surface area contributed by atoms with Gasteiger partial charge in [0, 0.05) is 23.6 Å². The summed E-state index contributed by atoms with van der Waals surface area (Å²) in [5, 5.41) is 23.7. The van der Waals surface area contributed by atoms with E-state index in [-0.39, 0.29) is 5.57 Å². The second kappa shape index (κ2) is 5.25. The molecule has 0 saturated heterocycles. The third kappa shape index (κ3) is 2.61. The zero-order valence-corrected chi connectivity index (χ0v) is 10.2. The van der Waals surface area contributed by atoms with Crippen molar-refractivity contribution in [1.82, 2.24) is 0 Å². The Bertz CT molecular complexity index is 544. The number of aryl methyl sites for hydroxylation is 1. The second-order valence-electron chi connectivity index (χ2n) is 4.38. The van der Waals surface area contributed by atoms with Crippen molar-refractivity contribution in [2.24, 2.45) is 0 Å². The lowest BCUT2D eigenvalue weighted by Crippen LogP contribution is -2.21. The van der Waals surface area contributed by atoms with Gasteiger partial charge < -0.3 is 10.6 Å². The van der Waals surface area contributed by atoms with Gasteiger partial charge in [-0.2, -0.15) is 10.5 Å². The molecular formula is C14H14N4. The van der Waals surface area contributed by atoms with Gasteiger partial charge in [0.25, 0.3) is 0 Å². The Morgan fingerprint density at radius 1 is 1.44 bits per heavy atom. The summed E-state index contributed by atoms with van der Waals surface area (Å²) in [4.78, 5) is 0. The first-order valence-corrected chi connectivity index (χ1v) is 5.89.